The molecule has 3 aromatic carbocycles. The van der Waals surface area contributed by atoms with Crippen molar-refractivity contribution >= 4 is 23.5 Å². The summed E-state index contributed by atoms with van der Waals surface area (Å²) in [5.74, 6) is -1.69. The number of aromatic nitrogens is 2. The van der Waals surface area contributed by atoms with E-state index in [9.17, 15) is 27.9 Å². The number of alkyl halides is 3. The Balaban J connectivity index is 1.35. The van der Waals surface area contributed by atoms with E-state index in [0.29, 0.717) is 54.7 Å². The van der Waals surface area contributed by atoms with Gasteiger partial charge in [-0.1, -0.05) is 60.1 Å². The monoisotopic (exact) mass is 711 g/mol. The standard InChI is InChI=1S/C37H35ClF4N4O4/c38-26-10-4-7-24(19-26)20-43-17-14-36(15-18-43)33-31(23-50-36)45(21-27-28(37(40,41)42)11-5-12-29(27)39)35-44(16-6-13-32(47)48)30(22-46(35)34(33)49)25-8-2-1-3-9-25/h1-5,7-12,19,30H,6,13-18,20-23H2/p+1. The number of anilines is 1. The van der Waals surface area contributed by atoms with Crippen LogP contribution in [0.25, 0.3) is 0 Å². The lowest BCUT2D eigenvalue weighted by Crippen LogP contribution is -2.52. The number of fused-ring (bicyclic) bond motifs is 3. The van der Waals surface area contributed by atoms with Crippen LogP contribution in [0.4, 0.5) is 23.5 Å². The molecule has 8 nitrogen and oxygen atoms in total. The molecular formula is C37H36ClF4N4O4+. The summed E-state index contributed by atoms with van der Waals surface area (Å²) < 4.78 is 68.1. The maximum Gasteiger partial charge on any atom is 0.416 e. The number of rotatable bonds is 9. The van der Waals surface area contributed by atoms with Gasteiger partial charge in [0.1, 0.15) is 48.4 Å². The van der Waals surface area contributed by atoms with Crippen molar-refractivity contribution in [3.05, 3.63) is 128 Å². The van der Waals surface area contributed by atoms with Gasteiger partial charge >= 0.3 is 23.7 Å². The van der Waals surface area contributed by atoms with Crippen molar-refractivity contribution in [2.45, 2.75) is 69.7 Å². The maximum atomic E-state index is 15.5. The Labute approximate surface area is 291 Å². The third-order valence-corrected chi connectivity index (χ3v) is 10.4. The molecule has 1 spiro atoms. The third-order valence-electron chi connectivity index (χ3n) is 10.2. The number of piperidine rings is 1. The zero-order valence-electron chi connectivity index (χ0n) is 27.1. The Kier molecular flexibility index (Phi) is 9.21. The summed E-state index contributed by atoms with van der Waals surface area (Å²) in [6.07, 6.45) is -3.78. The Morgan fingerprint density at radius 3 is 2.48 bits per heavy atom. The molecule has 0 aliphatic carbocycles. The highest BCUT2D eigenvalue weighted by Gasteiger charge is 2.52. The number of aliphatic carboxylic acids is 1. The molecule has 3 aliphatic rings. The van der Waals surface area contributed by atoms with E-state index in [1.807, 2.05) is 59.5 Å². The molecule has 1 saturated heterocycles. The van der Waals surface area contributed by atoms with Gasteiger partial charge in [-0.25, -0.2) is 8.96 Å². The van der Waals surface area contributed by atoms with Gasteiger partial charge in [0.25, 0.3) is 0 Å². The van der Waals surface area contributed by atoms with Crippen molar-refractivity contribution in [3.8, 4) is 0 Å². The average Bonchev–Trinajstić information content (AvgIpc) is 3.64. The molecule has 1 N–H and O–H groups in total. The van der Waals surface area contributed by atoms with Crippen molar-refractivity contribution in [2.75, 3.05) is 24.5 Å². The van der Waals surface area contributed by atoms with Crippen molar-refractivity contribution in [1.29, 1.82) is 0 Å². The number of nitrogens with zero attached hydrogens (tertiary/aromatic N) is 4. The molecule has 0 saturated carbocycles. The first-order valence-electron chi connectivity index (χ1n) is 16.6. The number of hydrogen-bond acceptors (Lipinski definition) is 5. The van der Waals surface area contributed by atoms with Crippen LogP contribution in [-0.2, 0) is 47.5 Å². The predicted molar refractivity (Wildman–Crippen MR) is 177 cm³/mol. The molecule has 262 valence electrons. The third kappa shape index (κ3) is 6.40. The second-order valence-electron chi connectivity index (χ2n) is 13.2. The van der Waals surface area contributed by atoms with E-state index in [2.05, 4.69) is 4.90 Å². The normalized spacial score (nSPS) is 18.4. The average molecular weight is 712 g/mol. The van der Waals surface area contributed by atoms with E-state index >= 15 is 4.39 Å². The Hall–Kier alpha value is -4.26. The Bertz CT molecular complexity index is 1980. The van der Waals surface area contributed by atoms with Crippen molar-refractivity contribution in [1.82, 2.24) is 9.47 Å². The van der Waals surface area contributed by atoms with Crippen LogP contribution in [-0.4, -0.2) is 40.2 Å². The van der Waals surface area contributed by atoms with Crippen molar-refractivity contribution < 1.29 is 36.8 Å². The fourth-order valence-corrected chi connectivity index (χ4v) is 8.02. The molecule has 4 heterocycles. The number of likely N-dealkylation sites (tertiary alicyclic amines) is 1. The van der Waals surface area contributed by atoms with Crippen LogP contribution in [0, 0.1) is 5.82 Å². The fourth-order valence-electron chi connectivity index (χ4n) is 7.81. The number of halogens is 5. The van der Waals surface area contributed by atoms with Gasteiger partial charge in [-0.05, 0) is 54.7 Å². The lowest BCUT2D eigenvalue weighted by atomic mass is 9.85. The molecule has 13 heteroatoms. The second-order valence-corrected chi connectivity index (χ2v) is 13.6. The van der Waals surface area contributed by atoms with Gasteiger partial charge in [-0.15, -0.1) is 0 Å². The first-order valence-corrected chi connectivity index (χ1v) is 17.0. The SMILES string of the molecule is O=C(O)CCCN1c2n(c(=O)c3c([n+]2Cc2c(F)cccc2C(F)(F)F)COC32CCN(Cc3cccc(Cl)c3)CC2)CC1c1ccccc1. The number of carboxylic acids is 1. The van der Waals surface area contributed by atoms with Gasteiger partial charge in [0.05, 0.1) is 12.1 Å². The van der Waals surface area contributed by atoms with Gasteiger partial charge in [0, 0.05) is 36.6 Å². The van der Waals surface area contributed by atoms with Gasteiger partial charge in [-0.2, -0.15) is 17.7 Å². The fraction of sp³-hybridized carbons (Fsp3) is 0.378. The minimum absolute atomic E-state index is 0.0402. The largest absolute Gasteiger partial charge is 0.481 e. The number of hydrogen-bond donors (Lipinski definition) is 1. The molecule has 0 bridgehead atoms. The van der Waals surface area contributed by atoms with Crippen LogP contribution in [0.2, 0.25) is 5.02 Å². The molecular weight excluding hydrogens is 676 g/mol. The molecule has 1 fully saturated rings. The summed E-state index contributed by atoms with van der Waals surface area (Å²) in [4.78, 5) is 30.4. The second kappa shape index (κ2) is 13.5. The highest BCUT2D eigenvalue weighted by molar-refractivity contribution is 6.30. The lowest BCUT2D eigenvalue weighted by Gasteiger charge is -2.38. The highest BCUT2D eigenvalue weighted by Crippen LogP contribution is 2.44. The van der Waals surface area contributed by atoms with Gasteiger partial charge in [-0.3, -0.25) is 19.4 Å². The molecule has 50 heavy (non-hydrogen) atoms. The van der Waals surface area contributed by atoms with Crippen LogP contribution in [0.5, 0.6) is 0 Å². The predicted octanol–water partition coefficient (Wildman–Crippen LogP) is 6.44. The zero-order chi connectivity index (χ0) is 35.2. The van der Waals surface area contributed by atoms with E-state index < -0.39 is 47.3 Å². The quantitative estimate of drug-likeness (QED) is 0.159. The Morgan fingerprint density at radius 1 is 1.04 bits per heavy atom. The van der Waals surface area contributed by atoms with E-state index in [0.717, 1.165) is 29.3 Å². The summed E-state index contributed by atoms with van der Waals surface area (Å²) in [5.41, 5.74) is -0.176. The van der Waals surface area contributed by atoms with Gasteiger partial charge in [0.15, 0.2) is 0 Å². The molecule has 0 radical (unpaired) electrons. The molecule has 1 atom stereocenters. The van der Waals surface area contributed by atoms with Gasteiger partial charge < -0.3 is 9.84 Å². The smallest absolute Gasteiger partial charge is 0.416 e. The van der Waals surface area contributed by atoms with E-state index in [4.69, 9.17) is 16.3 Å². The molecule has 1 unspecified atom stereocenters. The Morgan fingerprint density at radius 2 is 1.78 bits per heavy atom. The van der Waals surface area contributed by atoms with Crippen molar-refractivity contribution in [2.24, 2.45) is 0 Å². The summed E-state index contributed by atoms with van der Waals surface area (Å²) >= 11 is 6.21. The number of carboxylic acid groups (broad SMARTS) is 1. The van der Waals surface area contributed by atoms with E-state index in [1.165, 1.54) is 0 Å². The number of carbonyl (C=O) groups is 1. The lowest BCUT2D eigenvalue weighted by molar-refractivity contribution is -0.688. The van der Waals surface area contributed by atoms with Crippen LogP contribution < -0.4 is 15.0 Å². The highest BCUT2D eigenvalue weighted by atomic mass is 35.5. The minimum Gasteiger partial charge on any atom is -0.481 e. The number of benzene rings is 3. The zero-order valence-corrected chi connectivity index (χ0v) is 27.9. The molecule has 7 rings (SSSR count). The van der Waals surface area contributed by atoms with Crippen molar-refractivity contribution in [3.63, 3.8) is 0 Å². The van der Waals surface area contributed by atoms with E-state index in [1.54, 1.807) is 9.13 Å². The maximum absolute atomic E-state index is 15.5. The first-order chi connectivity index (χ1) is 23.9. The molecule has 4 aromatic rings. The summed E-state index contributed by atoms with van der Waals surface area (Å²) in [6.45, 7) is 1.71. The summed E-state index contributed by atoms with van der Waals surface area (Å²) in [5, 5.41) is 10.1. The van der Waals surface area contributed by atoms with Crippen LogP contribution in [0.3, 0.4) is 0 Å². The van der Waals surface area contributed by atoms with Gasteiger partial charge in [0.2, 0.25) is 0 Å². The first kappa shape index (κ1) is 34.2. The summed E-state index contributed by atoms with van der Waals surface area (Å²) in [6, 6.07) is 19.5. The van der Waals surface area contributed by atoms with Crippen LogP contribution in [0.15, 0.2) is 77.6 Å². The molecule has 1 aromatic heterocycles. The van der Waals surface area contributed by atoms with Crippen LogP contribution in [0.1, 0.15) is 65.2 Å². The topological polar surface area (TPSA) is 78.9 Å². The molecule has 3 aliphatic heterocycles. The minimum atomic E-state index is -4.82. The number of ether oxygens (including phenoxy) is 1. The summed E-state index contributed by atoms with van der Waals surface area (Å²) in [7, 11) is 0. The van der Waals surface area contributed by atoms with E-state index in [-0.39, 0.29) is 38.1 Å². The van der Waals surface area contributed by atoms with Crippen LogP contribution >= 0.6 is 11.6 Å². The molecule has 0 amide bonds.